The molecule has 0 aliphatic carbocycles. The summed E-state index contributed by atoms with van der Waals surface area (Å²) in [6.07, 6.45) is 0. The number of halogens is 2. The first-order valence-electron chi connectivity index (χ1n) is 4.15. The summed E-state index contributed by atoms with van der Waals surface area (Å²) in [6.45, 7) is 0.306. The molecule has 1 aromatic carbocycles. The average molecular weight is 249 g/mol. The van der Waals surface area contributed by atoms with Crippen molar-refractivity contribution >= 4 is 28.4 Å². The Labute approximate surface area is 97.9 Å². The number of ether oxygens (including phenoxy) is 2. The molecule has 0 fully saturated rings. The maximum absolute atomic E-state index is 11.1. The zero-order valence-corrected chi connectivity index (χ0v) is 9.85. The lowest BCUT2D eigenvalue weighted by atomic mass is 10.1. The first kappa shape index (κ1) is 12.3. The molecule has 0 atom stereocenters. The third-order valence-electron chi connectivity index (χ3n) is 1.85. The van der Waals surface area contributed by atoms with Crippen LogP contribution < -0.4 is 4.74 Å². The molecular formula is C10H10Cl2O3. The number of hydrogen-bond acceptors (Lipinski definition) is 3. The van der Waals surface area contributed by atoms with Gasteiger partial charge in [-0.3, -0.25) is 4.79 Å². The van der Waals surface area contributed by atoms with Gasteiger partial charge >= 0.3 is 0 Å². The second-order valence-electron chi connectivity index (χ2n) is 2.85. The summed E-state index contributed by atoms with van der Waals surface area (Å²) < 4.78 is 10.1. The topological polar surface area (TPSA) is 35.5 Å². The van der Waals surface area contributed by atoms with Gasteiger partial charge in [-0.25, -0.2) is 0 Å². The molecule has 0 saturated heterocycles. The van der Waals surface area contributed by atoms with Crippen LogP contribution in [-0.4, -0.2) is 19.5 Å². The van der Waals surface area contributed by atoms with Gasteiger partial charge in [-0.1, -0.05) is 11.6 Å². The lowest BCUT2D eigenvalue weighted by Gasteiger charge is -2.11. The Morgan fingerprint density at radius 3 is 2.53 bits per heavy atom. The van der Waals surface area contributed by atoms with Gasteiger partial charge in [-0.05, 0) is 23.7 Å². The number of hydrogen-bond donors (Lipinski definition) is 0. The Bertz CT molecular complexity index is 377. The SMILES string of the molecule is COCc1cc(Cl)cc(C(=O)Cl)c1OC. The largest absolute Gasteiger partial charge is 0.496 e. The van der Waals surface area contributed by atoms with Crippen LogP contribution in [0.2, 0.25) is 5.02 Å². The van der Waals surface area contributed by atoms with Gasteiger partial charge in [0.1, 0.15) is 5.75 Å². The fourth-order valence-electron chi connectivity index (χ4n) is 1.30. The van der Waals surface area contributed by atoms with Gasteiger partial charge < -0.3 is 9.47 Å². The van der Waals surface area contributed by atoms with E-state index in [9.17, 15) is 4.79 Å². The summed E-state index contributed by atoms with van der Waals surface area (Å²) in [5, 5.41) is -0.182. The van der Waals surface area contributed by atoms with E-state index in [2.05, 4.69) is 0 Å². The Kier molecular flexibility index (Phi) is 4.39. The van der Waals surface area contributed by atoms with E-state index in [4.69, 9.17) is 32.7 Å². The quantitative estimate of drug-likeness (QED) is 0.769. The first-order chi connectivity index (χ1) is 7.10. The third kappa shape index (κ3) is 2.84. The predicted molar refractivity (Wildman–Crippen MR) is 58.9 cm³/mol. The van der Waals surface area contributed by atoms with E-state index in [-0.39, 0.29) is 5.56 Å². The van der Waals surface area contributed by atoms with E-state index in [0.29, 0.717) is 22.9 Å². The maximum atomic E-state index is 11.1. The molecule has 1 rings (SSSR count). The fraction of sp³-hybridized carbons (Fsp3) is 0.300. The highest BCUT2D eigenvalue weighted by Crippen LogP contribution is 2.29. The van der Waals surface area contributed by atoms with Crippen LogP contribution in [0.25, 0.3) is 0 Å². The minimum Gasteiger partial charge on any atom is -0.496 e. The minimum atomic E-state index is -0.605. The number of methoxy groups -OCH3 is 2. The van der Waals surface area contributed by atoms with Gasteiger partial charge in [-0.2, -0.15) is 0 Å². The standard InChI is InChI=1S/C10H10Cl2O3/c1-14-5-6-3-7(11)4-8(10(12)13)9(6)15-2/h3-4H,5H2,1-2H3. The fourth-order valence-corrected chi connectivity index (χ4v) is 1.68. The summed E-state index contributed by atoms with van der Waals surface area (Å²) in [5.74, 6) is 0.404. The number of benzene rings is 1. The van der Waals surface area contributed by atoms with E-state index in [0.717, 1.165) is 0 Å². The second-order valence-corrected chi connectivity index (χ2v) is 3.63. The normalized spacial score (nSPS) is 10.1. The van der Waals surface area contributed by atoms with Crippen LogP contribution in [0.5, 0.6) is 5.75 Å². The lowest BCUT2D eigenvalue weighted by Crippen LogP contribution is -2.01. The average Bonchev–Trinajstić information content (AvgIpc) is 2.17. The van der Waals surface area contributed by atoms with Crippen LogP contribution >= 0.6 is 23.2 Å². The molecular weight excluding hydrogens is 239 g/mol. The summed E-state index contributed by atoms with van der Waals surface area (Å²) in [6, 6.07) is 3.14. The van der Waals surface area contributed by atoms with Crippen molar-refractivity contribution in [2.24, 2.45) is 0 Å². The Balaban J connectivity index is 3.31. The summed E-state index contributed by atoms with van der Waals surface area (Å²) >= 11 is 11.2. The van der Waals surface area contributed by atoms with Crippen LogP contribution in [0, 0.1) is 0 Å². The van der Waals surface area contributed by atoms with Gasteiger partial charge in [0.15, 0.2) is 0 Å². The van der Waals surface area contributed by atoms with Crippen molar-refractivity contribution in [1.29, 1.82) is 0 Å². The van der Waals surface area contributed by atoms with Crippen LogP contribution in [0.3, 0.4) is 0 Å². The van der Waals surface area contributed by atoms with Crippen molar-refractivity contribution in [2.45, 2.75) is 6.61 Å². The van der Waals surface area contributed by atoms with E-state index in [1.165, 1.54) is 13.2 Å². The Morgan fingerprint density at radius 1 is 1.40 bits per heavy atom. The molecule has 0 aromatic heterocycles. The van der Waals surface area contributed by atoms with Crippen molar-refractivity contribution in [3.63, 3.8) is 0 Å². The predicted octanol–water partition coefficient (Wildman–Crippen LogP) is 2.87. The molecule has 0 radical (unpaired) electrons. The molecule has 0 saturated carbocycles. The van der Waals surface area contributed by atoms with Crippen molar-refractivity contribution in [1.82, 2.24) is 0 Å². The van der Waals surface area contributed by atoms with Gasteiger partial charge in [0, 0.05) is 17.7 Å². The number of carbonyl (C=O) groups is 1. The van der Waals surface area contributed by atoms with Crippen molar-refractivity contribution in [3.8, 4) is 5.75 Å². The highest BCUT2D eigenvalue weighted by atomic mass is 35.5. The molecule has 5 heteroatoms. The maximum Gasteiger partial charge on any atom is 0.256 e. The summed E-state index contributed by atoms with van der Waals surface area (Å²) in [5.41, 5.74) is 0.940. The van der Waals surface area contributed by atoms with Crippen LogP contribution in [0.4, 0.5) is 0 Å². The van der Waals surface area contributed by atoms with Crippen molar-refractivity contribution in [2.75, 3.05) is 14.2 Å². The zero-order chi connectivity index (χ0) is 11.4. The molecule has 3 nitrogen and oxygen atoms in total. The van der Waals surface area contributed by atoms with E-state index < -0.39 is 5.24 Å². The Morgan fingerprint density at radius 2 is 2.07 bits per heavy atom. The molecule has 0 unspecified atom stereocenters. The minimum absolute atomic E-state index is 0.249. The second kappa shape index (κ2) is 5.35. The van der Waals surface area contributed by atoms with E-state index in [1.807, 2.05) is 0 Å². The van der Waals surface area contributed by atoms with E-state index >= 15 is 0 Å². The molecule has 0 amide bonds. The lowest BCUT2D eigenvalue weighted by molar-refractivity contribution is 0.107. The summed E-state index contributed by atoms with van der Waals surface area (Å²) in [7, 11) is 3.01. The summed E-state index contributed by atoms with van der Waals surface area (Å²) in [4.78, 5) is 11.1. The molecule has 0 bridgehead atoms. The van der Waals surface area contributed by atoms with Gasteiger partial charge in [0.25, 0.3) is 5.24 Å². The van der Waals surface area contributed by atoms with Gasteiger partial charge in [0.2, 0.25) is 0 Å². The number of rotatable bonds is 4. The van der Waals surface area contributed by atoms with Gasteiger partial charge in [-0.15, -0.1) is 0 Å². The molecule has 0 spiro atoms. The van der Waals surface area contributed by atoms with E-state index in [1.54, 1.807) is 13.2 Å². The van der Waals surface area contributed by atoms with Crippen molar-refractivity contribution < 1.29 is 14.3 Å². The smallest absolute Gasteiger partial charge is 0.256 e. The third-order valence-corrected chi connectivity index (χ3v) is 2.27. The number of carbonyl (C=O) groups excluding carboxylic acids is 1. The molecule has 15 heavy (non-hydrogen) atoms. The highest BCUT2D eigenvalue weighted by Gasteiger charge is 2.15. The van der Waals surface area contributed by atoms with Crippen LogP contribution in [0.1, 0.15) is 15.9 Å². The monoisotopic (exact) mass is 248 g/mol. The molecule has 82 valence electrons. The van der Waals surface area contributed by atoms with Gasteiger partial charge in [0.05, 0.1) is 19.3 Å². The molecule has 1 aromatic rings. The molecule has 0 heterocycles. The van der Waals surface area contributed by atoms with Crippen LogP contribution in [-0.2, 0) is 11.3 Å². The first-order valence-corrected chi connectivity index (χ1v) is 4.91. The molecule has 0 N–H and O–H groups in total. The van der Waals surface area contributed by atoms with Crippen LogP contribution in [0.15, 0.2) is 12.1 Å². The molecule has 0 aliphatic heterocycles. The van der Waals surface area contributed by atoms with Crippen molar-refractivity contribution in [3.05, 3.63) is 28.3 Å². The molecule has 0 aliphatic rings. The highest BCUT2D eigenvalue weighted by molar-refractivity contribution is 6.68. The Hall–Kier alpha value is -0.770. The zero-order valence-electron chi connectivity index (χ0n) is 8.34.